The summed E-state index contributed by atoms with van der Waals surface area (Å²) in [6.45, 7) is 0.702. The minimum atomic E-state index is -4.07. The summed E-state index contributed by atoms with van der Waals surface area (Å²) in [5, 5.41) is 6.30. The Balaban J connectivity index is 1.46. The zero-order valence-corrected chi connectivity index (χ0v) is 24.8. The van der Waals surface area contributed by atoms with E-state index in [9.17, 15) is 18.0 Å². The number of halogens is 1. The predicted molar refractivity (Wildman–Crippen MR) is 164 cm³/mol. The molecule has 4 rings (SSSR count). The quantitative estimate of drug-likeness (QED) is 0.210. The molecule has 2 amide bonds. The molecule has 3 aromatic carbocycles. The van der Waals surface area contributed by atoms with E-state index < -0.39 is 10.0 Å². The van der Waals surface area contributed by atoms with E-state index in [0.29, 0.717) is 51.7 Å². The van der Waals surface area contributed by atoms with Crippen LogP contribution in [0.25, 0.3) is 11.1 Å². The number of methoxy groups -OCH3 is 1. The molecule has 0 unspecified atom stereocenters. The molecular formula is C30H30ClN5O5S. The Labute approximate surface area is 249 Å². The van der Waals surface area contributed by atoms with E-state index >= 15 is 0 Å². The van der Waals surface area contributed by atoms with Gasteiger partial charge in [-0.25, -0.2) is 8.42 Å². The number of ether oxygens (including phenoxy) is 1. The maximum Gasteiger partial charge on any atom is 0.265 e. The zero-order chi connectivity index (χ0) is 30.3. The number of sulfonamides is 1. The number of rotatable bonds is 11. The van der Waals surface area contributed by atoms with Crippen molar-refractivity contribution in [1.29, 1.82) is 0 Å². The SMILES string of the molecule is COc1ccc(-c2cccc(C(=O)N(C)C)c2)cc1S(=O)(=O)Nc1cccc(NCCNC(=O)c2cncc(Cl)c2)c1. The number of pyridine rings is 1. The molecule has 3 N–H and O–H groups in total. The van der Waals surface area contributed by atoms with E-state index in [4.69, 9.17) is 16.3 Å². The fourth-order valence-electron chi connectivity index (χ4n) is 4.08. The molecule has 1 aromatic heterocycles. The lowest BCUT2D eigenvalue weighted by Crippen LogP contribution is -2.28. The van der Waals surface area contributed by atoms with Gasteiger partial charge in [0.2, 0.25) is 0 Å². The number of aromatic nitrogens is 1. The van der Waals surface area contributed by atoms with Gasteiger partial charge in [0.1, 0.15) is 10.6 Å². The molecule has 218 valence electrons. The molecular weight excluding hydrogens is 578 g/mol. The van der Waals surface area contributed by atoms with Crippen molar-refractivity contribution in [2.75, 3.05) is 44.3 Å². The van der Waals surface area contributed by atoms with E-state index in [0.717, 1.165) is 0 Å². The summed E-state index contributed by atoms with van der Waals surface area (Å²) >= 11 is 5.88. The fourth-order valence-corrected chi connectivity index (χ4v) is 5.50. The van der Waals surface area contributed by atoms with Crippen LogP contribution < -0.4 is 20.1 Å². The van der Waals surface area contributed by atoms with Crippen LogP contribution in [0.15, 0.2) is 90.1 Å². The van der Waals surface area contributed by atoms with Gasteiger partial charge in [0.15, 0.2) is 0 Å². The lowest BCUT2D eigenvalue weighted by molar-refractivity contribution is 0.0827. The third-order valence-electron chi connectivity index (χ3n) is 6.12. The molecule has 0 radical (unpaired) electrons. The van der Waals surface area contributed by atoms with Crippen molar-refractivity contribution in [3.8, 4) is 16.9 Å². The van der Waals surface area contributed by atoms with Gasteiger partial charge >= 0.3 is 0 Å². The van der Waals surface area contributed by atoms with Crippen molar-refractivity contribution >= 4 is 44.8 Å². The molecule has 0 aliphatic heterocycles. The maximum absolute atomic E-state index is 13.5. The topological polar surface area (TPSA) is 130 Å². The molecule has 0 spiro atoms. The van der Waals surface area contributed by atoms with Crippen LogP contribution in [0.5, 0.6) is 5.75 Å². The van der Waals surface area contributed by atoms with Gasteiger partial charge in [-0.1, -0.05) is 35.9 Å². The first kappa shape index (κ1) is 30.4. The molecule has 0 saturated carbocycles. The van der Waals surface area contributed by atoms with Gasteiger partial charge in [-0.05, 0) is 59.7 Å². The van der Waals surface area contributed by atoms with Crippen LogP contribution in [0.3, 0.4) is 0 Å². The first-order valence-electron chi connectivity index (χ1n) is 12.8. The van der Waals surface area contributed by atoms with Crippen LogP contribution >= 0.6 is 11.6 Å². The summed E-state index contributed by atoms with van der Waals surface area (Å²) in [6, 6.07) is 20.1. The Morgan fingerprint density at radius 3 is 2.36 bits per heavy atom. The van der Waals surface area contributed by atoms with Gasteiger partial charge in [-0.15, -0.1) is 0 Å². The normalized spacial score (nSPS) is 11.0. The molecule has 0 bridgehead atoms. The second kappa shape index (κ2) is 13.4. The maximum atomic E-state index is 13.5. The summed E-state index contributed by atoms with van der Waals surface area (Å²) in [5.41, 5.74) is 3.12. The van der Waals surface area contributed by atoms with E-state index in [1.54, 1.807) is 68.7 Å². The summed E-state index contributed by atoms with van der Waals surface area (Å²) < 4.78 is 35.0. The third kappa shape index (κ3) is 7.56. The number of anilines is 2. The van der Waals surface area contributed by atoms with Gasteiger partial charge in [0.05, 0.1) is 23.4 Å². The average Bonchev–Trinajstić information content (AvgIpc) is 2.98. The van der Waals surface area contributed by atoms with Crippen LogP contribution in [-0.2, 0) is 10.0 Å². The molecule has 0 fully saturated rings. The van der Waals surface area contributed by atoms with Crippen LogP contribution in [-0.4, -0.2) is 64.4 Å². The molecule has 4 aromatic rings. The van der Waals surface area contributed by atoms with Gasteiger partial charge in [0, 0.05) is 50.8 Å². The molecule has 0 aliphatic carbocycles. The van der Waals surface area contributed by atoms with Crippen molar-refractivity contribution in [1.82, 2.24) is 15.2 Å². The third-order valence-corrected chi connectivity index (χ3v) is 7.73. The van der Waals surface area contributed by atoms with Gasteiger partial charge in [-0.3, -0.25) is 19.3 Å². The van der Waals surface area contributed by atoms with Crippen LogP contribution in [0.1, 0.15) is 20.7 Å². The van der Waals surface area contributed by atoms with Crippen LogP contribution in [0, 0.1) is 0 Å². The molecule has 0 aliphatic rings. The number of carbonyl (C=O) groups excluding carboxylic acids is 2. The highest BCUT2D eigenvalue weighted by Crippen LogP contribution is 2.32. The standard InChI is InChI=1S/C30H30ClN5O5S/c1-36(2)30(38)22-7-4-6-20(14-22)21-10-11-27(41-3)28(16-21)42(39,40)35-26-9-5-8-25(17-26)33-12-13-34-29(37)23-15-24(31)19-32-18-23/h4-11,14-19,33,35H,12-13H2,1-3H3,(H,34,37). The Morgan fingerprint density at radius 1 is 0.881 bits per heavy atom. The monoisotopic (exact) mass is 607 g/mol. The van der Waals surface area contributed by atoms with E-state index in [-0.39, 0.29) is 22.5 Å². The van der Waals surface area contributed by atoms with E-state index in [1.165, 1.54) is 36.5 Å². The molecule has 42 heavy (non-hydrogen) atoms. The highest BCUT2D eigenvalue weighted by molar-refractivity contribution is 7.92. The predicted octanol–water partition coefficient (Wildman–Crippen LogP) is 4.76. The Morgan fingerprint density at radius 2 is 1.62 bits per heavy atom. The minimum absolute atomic E-state index is 0.0524. The number of benzene rings is 3. The largest absolute Gasteiger partial charge is 0.495 e. The number of hydrogen-bond acceptors (Lipinski definition) is 7. The Kier molecular flexibility index (Phi) is 9.66. The Hall–Kier alpha value is -4.61. The zero-order valence-electron chi connectivity index (χ0n) is 23.2. The number of carbonyl (C=O) groups is 2. The summed E-state index contributed by atoms with van der Waals surface area (Å²) in [7, 11) is 0.671. The van der Waals surface area contributed by atoms with Crippen LogP contribution in [0.2, 0.25) is 5.02 Å². The summed E-state index contributed by atoms with van der Waals surface area (Å²) in [5.74, 6) is -0.290. The first-order chi connectivity index (χ1) is 20.1. The van der Waals surface area contributed by atoms with Crippen molar-refractivity contribution in [3.63, 3.8) is 0 Å². The molecule has 1 heterocycles. The Bertz CT molecular complexity index is 1710. The second-order valence-corrected chi connectivity index (χ2v) is 11.5. The number of nitrogens with one attached hydrogen (secondary N) is 3. The minimum Gasteiger partial charge on any atom is -0.495 e. The number of amides is 2. The van der Waals surface area contributed by atoms with Crippen molar-refractivity contribution in [2.24, 2.45) is 0 Å². The van der Waals surface area contributed by atoms with E-state index in [1.807, 2.05) is 6.07 Å². The lowest BCUT2D eigenvalue weighted by Gasteiger charge is -2.15. The average molecular weight is 608 g/mol. The van der Waals surface area contributed by atoms with Crippen LogP contribution in [0.4, 0.5) is 11.4 Å². The number of nitrogens with zero attached hydrogens (tertiary/aromatic N) is 2. The van der Waals surface area contributed by atoms with Crippen molar-refractivity contribution in [2.45, 2.75) is 4.90 Å². The molecule has 0 saturated heterocycles. The highest BCUT2D eigenvalue weighted by atomic mass is 35.5. The van der Waals surface area contributed by atoms with Gasteiger partial charge in [-0.2, -0.15) is 0 Å². The van der Waals surface area contributed by atoms with Crippen molar-refractivity contribution in [3.05, 3.63) is 101 Å². The van der Waals surface area contributed by atoms with E-state index in [2.05, 4.69) is 20.3 Å². The smallest absolute Gasteiger partial charge is 0.265 e. The molecule has 10 nitrogen and oxygen atoms in total. The van der Waals surface area contributed by atoms with Gasteiger partial charge < -0.3 is 20.3 Å². The summed E-state index contributed by atoms with van der Waals surface area (Å²) in [6.07, 6.45) is 2.88. The first-order valence-corrected chi connectivity index (χ1v) is 14.7. The summed E-state index contributed by atoms with van der Waals surface area (Å²) in [4.78, 5) is 30.0. The fraction of sp³-hybridized carbons (Fsp3) is 0.167. The second-order valence-electron chi connectivity index (χ2n) is 9.41. The van der Waals surface area contributed by atoms with Gasteiger partial charge in [0.25, 0.3) is 21.8 Å². The molecule has 0 atom stereocenters. The molecule has 12 heteroatoms. The van der Waals surface area contributed by atoms with Crippen molar-refractivity contribution < 1.29 is 22.7 Å². The number of hydrogen-bond donors (Lipinski definition) is 3. The lowest BCUT2D eigenvalue weighted by atomic mass is 10.0. The highest BCUT2D eigenvalue weighted by Gasteiger charge is 2.21.